The molecule has 2 saturated heterocycles. The molecule has 1 aromatic heterocycles. The van der Waals surface area contributed by atoms with Crippen molar-refractivity contribution in [2.45, 2.75) is 32.6 Å². The number of carbonyl (C=O) groups excluding carboxylic acids is 1. The molecule has 2 aromatic rings. The van der Waals surface area contributed by atoms with Gasteiger partial charge in [-0.1, -0.05) is 18.2 Å². The van der Waals surface area contributed by atoms with E-state index in [9.17, 15) is 4.79 Å². The van der Waals surface area contributed by atoms with Gasteiger partial charge in [-0.2, -0.15) is 0 Å². The van der Waals surface area contributed by atoms with E-state index in [0.717, 1.165) is 47.0 Å². The Morgan fingerprint density at radius 2 is 1.88 bits per heavy atom. The minimum Gasteiger partial charge on any atom is -0.350 e. The largest absolute Gasteiger partial charge is 0.350 e. The smallest absolute Gasteiger partial charge is 0.242 e. The summed E-state index contributed by atoms with van der Waals surface area (Å²) in [5.41, 5.74) is 2.19. The lowest BCUT2D eigenvalue weighted by molar-refractivity contribution is -0.137. The maximum atomic E-state index is 12.8. The first-order valence-electron chi connectivity index (χ1n) is 8.89. The van der Waals surface area contributed by atoms with Gasteiger partial charge >= 0.3 is 0 Å². The molecule has 0 bridgehead atoms. The summed E-state index contributed by atoms with van der Waals surface area (Å²) in [5, 5.41) is 1.15. The molecule has 25 heavy (non-hydrogen) atoms. The van der Waals surface area contributed by atoms with Gasteiger partial charge in [-0.3, -0.25) is 4.79 Å². The number of para-hydroxylation sites is 1. The topological polar surface area (TPSA) is 43.7 Å². The van der Waals surface area contributed by atoms with Gasteiger partial charge in [0.05, 0.1) is 13.2 Å². The monoisotopic (exact) mass is 406 g/mol. The molecule has 2 aliphatic heterocycles. The van der Waals surface area contributed by atoms with E-state index in [1.54, 1.807) is 0 Å². The molecule has 5 nitrogen and oxygen atoms in total. The second-order valence-electron chi connectivity index (χ2n) is 6.83. The summed E-state index contributed by atoms with van der Waals surface area (Å²) in [7, 11) is 0. The first-order valence-corrected chi connectivity index (χ1v) is 9.69. The van der Waals surface area contributed by atoms with Crippen molar-refractivity contribution in [1.82, 2.24) is 9.47 Å². The molecule has 6 heteroatoms. The Hall–Kier alpha value is -1.37. The molecule has 0 saturated carbocycles. The fourth-order valence-electron chi connectivity index (χ4n) is 3.90. The van der Waals surface area contributed by atoms with E-state index < -0.39 is 0 Å². The van der Waals surface area contributed by atoms with Crippen LogP contribution in [0.4, 0.5) is 0 Å². The van der Waals surface area contributed by atoms with Crippen molar-refractivity contribution in [3.05, 3.63) is 34.4 Å². The molecular weight excluding hydrogens is 384 g/mol. The Morgan fingerprint density at radius 3 is 2.60 bits per heavy atom. The standard InChI is InChI=1S/C19H23BrN2O3/c1-13-18(20)15-4-2-3-5-16(15)22(13)12-17(23)21-8-6-14(7-9-21)19-24-10-11-25-19/h2-5,14,19H,6-12H2,1H3. The number of aromatic nitrogens is 1. The number of halogens is 1. The number of ether oxygens (including phenoxy) is 2. The second kappa shape index (κ2) is 7.09. The molecule has 2 fully saturated rings. The van der Waals surface area contributed by atoms with Gasteiger partial charge in [0.15, 0.2) is 6.29 Å². The summed E-state index contributed by atoms with van der Waals surface area (Å²) in [4.78, 5) is 14.8. The van der Waals surface area contributed by atoms with Gasteiger partial charge in [-0.15, -0.1) is 0 Å². The predicted octanol–water partition coefficient (Wildman–Crippen LogP) is 3.32. The van der Waals surface area contributed by atoms with Gasteiger partial charge in [-0.05, 0) is 41.8 Å². The third-order valence-electron chi connectivity index (χ3n) is 5.37. The highest BCUT2D eigenvalue weighted by Crippen LogP contribution is 2.31. The number of hydrogen-bond acceptors (Lipinski definition) is 3. The van der Waals surface area contributed by atoms with Crippen LogP contribution in [0.25, 0.3) is 10.9 Å². The highest BCUT2D eigenvalue weighted by atomic mass is 79.9. The number of carbonyl (C=O) groups is 1. The summed E-state index contributed by atoms with van der Waals surface area (Å²) >= 11 is 3.66. The predicted molar refractivity (Wildman–Crippen MR) is 99.4 cm³/mol. The average Bonchev–Trinajstić information content (AvgIpc) is 3.26. The zero-order chi connectivity index (χ0) is 17.4. The Labute approximate surface area is 156 Å². The number of amides is 1. The van der Waals surface area contributed by atoms with Crippen molar-refractivity contribution in [2.75, 3.05) is 26.3 Å². The maximum Gasteiger partial charge on any atom is 0.242 e. The second-order valence-corrected chi connectivity index (χ2v) is 7.62. The number of rotatable bonds is 3. The van der Waals surface area contributed by atoms with Crippen molar-refractivity contribution >= 4 is 32.7 Å². The number of hydrogen-bond donors (Lipinski definition) is 0. The first kappa shape index (κ1) is 17.1. The molecule has 2 aliphatic rings. The molecule has 1 aromatic carbocycles. The SMILES string of the molecule is Cc1c(Br)c2ccccc2n1CC(=O)N1CCC(C2OCCO2)CC1. The van der Waals surface area contributed by atoms with Gasteiger partial charge in [0.25, 0.3) is 0 Å². The van der Waals surface area contributed by atoms with E-state index in [2.05, 4.69) is 39.6 Å². The fourth-order valence-corrected chi connectivity index (χ4v) is 4.45. The van der Waals surface area contributed by atoms with Gasteiger partial charge < -0.3 is 18.9 Å². The van der Waals surface area contributed by atoms with Crippen LogP contribution in [0.3, 0.4) is 0 Å². The third kappa shape index (κ3) is 3.23. The molecule has 0 aliphatic carbocycles. The van der Waals surface area contributed by atoms with Crippen LogP contribution in [0.2, 0.25) is 0 Å². The van der Waals surface area contributed by atoms with Gasteiger partial charge in [0.2, 0.25) is 5.91 Å². The molecule has 0 spiro atoms. The summed E-state index contributed by atoms with van der Waals surface area (Å²) in [5.74, 6) is 0.595. The lowest BCUT2D eigenvalue weighted by Gasteiger charge is -2.34. The normalized spacial score (nSPS) is 19.8. The van der Waals surface area contributed by atoms with Crippen LogP contribution in [0.5, 0.6) is 0 Å². The number of nitrogens with zero attached hydrogens (tertiary/aromatic N) is 2. The third-order valence-corrected chi connectivity index (χ3v) is 6.37. The summed E-state index contributed by atoms with van der Waals surface area (Å²) in [6.45, 7) is 5.40. The molecule has 134 valence electrons. The van der Waals surface area contributed by atoms with E-state index in [0.29, 0.717) is 25.7 Å². The van der Waals surface area contributed by atoms with Crippen molar-refractivity contribution < 1.29 is 14.3 Å². The van der Waals surface area contributed by atoms with E-state index in [1.165, 1.54) is 0 Å². The molecule has 0 unspecified atom stereocenters. The number of fused-ring (bicyclic) bond motifs is 1. The molecule has 0 radical (unpaired) electrons. The number of piperidine rings is 1. The zero-order valence-electron chi connectivity index (χ0n) is 14.4. The lowest BCUT2D eigenvalue weighted by atomic mass is 9.96. The van der Waals surface area contributed by atoms with E-state index >= 15 is 0 Å². The number of benzene rings is 1. The van der Waals surface area contributed by atoms with Crippen molar-refractivity contribution in [3.8, 4) is 0 Å². The van der Waals surface area contributed by atoms with E-state index in [-0.39, 0.29) is 12.2 Å². The average molecular weight is 407 g/mol. The molecule has 4 rings (SSSR count). The van der Waals surface area contributed by atoms with Crippen LogP contribution in [0.15, 0.2) is 28.7 Å². The Bertz CT molecular complexity index is 774. The van der Waals surface area contributed by atoms with Gasteiger partial charge in [0.1, 0.15) is 6.54 Å². The van der Waals surface area contributed by atoms with E-state index in [1.807, 2.05) is 17.0 Å². The van der Waals surface area contributed by atoms with Crippen molar-refractivity contribution in [2.24, 2.45) is 5.92 Å². The minimum atomic E-state index is -0.0659. The minimum absolute atomic E-state index is 0.0659. The molecular formula is C19H23BrN2O3. The van der Waals surface area contributed by atoms with Crippen molar-refractivity contribution in [3.63, 3.8) is 0 Å². The fraction of sp³-hybridized carbons (Fsp3) is 0.526. The zero-order valence-corrected chi connectivity index (χ0v) is 16.0. The number of likely N-dealkylation sites (tertiary alicyclic amines) is 1. The molecule has 0 N–H and O–H groups in total. The Morgan fingerprint density at radius 1 is 1.20 bits per heavy atom. The summed E-state index contributed by atoms with van der Waals surface area (Å²) in [6, 6.07) is 8.20. The Balaban J connectivity index is 1.44. The van der Waals surface area contributed by atoms with Crippen LogP contribution < -0.4 is 0 Å². The van der Waals surface area contributed by atoms with Crippen LogP contribution in [-0.2, 0) is 20.8 Å². The lowest BCUT2D eigenvalue weighted by Crippen LogP contribution is -2.42. The highest BCUT2D eigenvalue weighted by molar-refractivity contribution is 9.10. The maximum absolute atomic E-state index is 12.8. The van der Waals surface area contributed by atoms with Gasteiger partial charge in [0, 0.05) is 40.1 Å². The Kier molecular flexibility index (Phi) is 4.84. The van der Waals surface area contributed by atoms with Gasteiger partial charge in [-0.25, -0.2) is 0 Å². The quantitative estimate of drug-likeness (QED) is 0.784. The molecule has 0 atom stereocenters. The van der Waals surface area contributed by atoms with Crippen LogP contribution in [-0.4, -0.2) is 48.0 Å². The van der Waals surface area contributed by atoms with Crippen LogP contribution in [0, 0.1) is 12.8 Å². The highest BCUT2D eigenvalue weighted by Gasteiger charge is 2.32. The molecule has 1 amide bonds. The molecule has 3 heterocycles. The summed E-state index contributed by atoms with van der Waals surface area (Å²) < 4.78 is 14.4. The van der Waals surface area contributed by atoms with Crippen LogP contribution in [0.1, 0.15) is 18.5 Å². The van der Waals surface area contributed by atoms with Crippen molar-refractivity contribution in [1.29, 1.82) is 0 Å². The van der Waals surface area contributed by atoms with E-state index in [4.69, 9.17) is 9.47 Å². The summed E-state index contributed by atoms with van der Waals surface area (Å²) in [6.07, 6.45) is 1.83. The van der Waals surface area contributed by atoms with Crippen LogP contribution >= 0.6 is 15.9 Å². The first-order chi connectivity index (χ1) is 12.1.